The minimum Gasteiger partial charge on any atom is -0.343 e. The summed E-state index contributed by atoms with van der Waals surface area (Å²) in [6.07, 6.45) is 0. The zero-order valence-corrected chi connectivity index (χ0v) is 20.0. The van der Waals surface area contributed by atoms with Crippen molar-refractivity contribution >= 4 is 28.0 Å². The molecule has 33 heavy (non-hydrogen) atoms. The molecule has 0 radical (unpaired) electrons. The molecule has 0 amide bonds. The second-order valence-electron chi connectivity index (χ2n) is 9.14. The monoisotopic (exact) mass is 450 g/mol. The number of aryl methyl sites for hydroxylation is 3. The number of para-hydroxylation sites is 1. The Kier molecular flexibility index (Phi) is 5.57. The van der Waals surface area contributed by atoms with Gasteiger partial charge < -0.3 is 15.2 Å². The zero-order valence-electron chi connectivity index (χ0n) is 20.0. The lowest BCUT2D eigenvalue weighted by Crippen LogP contribution is -2.44. The number of fused-ring (bicyclic) bond motifs is 2. The van der Waals surface area contributed by atoms with Gasteiger partial charge >= 0.3 is 5.69 Å². The molecule has 4 aromatic rings. The van der Waals surface area contributed by atoms with Crippen molar-refractivity contribution in [2.75, 3.05) is 18.5 Å². The Bertz CT molecular complexity index is 1470. The fraction of sp³-hybridized carbons (Fsp3) is 0.435. The van der Waals surface area contributed by atoms with E-state index in [0.29, 0.717) is 41.7 Å². The molecule has 0 bridgehead atoms. The van der Waals surface area contributed by atoms with E-state index in [1.165, 1.54) is 9.13 Å². The van der Waals surface area contributed by atoms with Gasteiger partial charge in [0.2, 0.25) is 5.95 Å². The van der Waals surface area contributed by atoms with Crippen LogP contribution in [0.2, 0.25) is 0 Å². The number of imidazole rings is 1. The topological polar surface area (TPSA) is 117 Å². The van der Waals surface area contributed by atoms with Crippen LogP contribution in [0.15, 0.2) is 33.9 Å². The van der Waals surface area contributed by atoms with E-state index in [1.54, 1.807) is 14.0 Å². The summed E-state index contributed by atoms with van der Waals surface area (Å²) in [6, 6.07) is 7.58. The molecule has 0 atom stereocenters. The van der Waals surface area contributed by atoms with Crippen LogP contribution in [0.25, 0.3) is 22.1 Å². The predicted molar refractivity (Wildman–Crippen MR) is 130 cm³/mol. The highest BCUT2D eigenvalue weighted by Crippen LogP contribution is 2.20. The molecule has 0 spiro atoms. The van der Waals surface area contributed by atoms with Crippen molar-refractivity contribution in [3.8, 4) is 0 Å². The Labute approximate surface area is 191 Å². The lowest BCUT2D eigenvalue weighted by molar-refractivity contribution is 0.511. The summed E-state index contributed by atoms with van der Waals surface area (Å²) in [7, 11) is 3.52. The van der Waals surface area contributed by atoms with Gasteiger partial charge in [0.15, 0.2) is 11.2 Å². The molecule has 10 heteroatoms. The molecule has 0 aliphatic carbocycles. The molecule has 4 rings (SSSR count). The van der Waals surface area contributed by atoms with Gasteiger partial charge in [-0.05, 0) is 33.8 Å². The van der Waals surface area contributed by atoms with E-state index in [0.717, 1.165) is 10.9 Å². The fourth-order valence-electron chi connectivity index (χ4n) is 4.31. The summed E-state index contributed by atoms with van der Waals surface area (Å²) < 4.78 is 4.48. The van der Waals surface area contributed by atoms with Crippen LogP contribution in [0.4, 0.5) is 5.95 Å². The maximum atomic E-state index is 13.6. The number of likely N-dealkylation sites (N-methyl/N-ethyl adjacent to an activating group) is 1. The van der Waals surface area contributed by atoms with Gasteiger partial charge in [0.1, 0.15) is 5.82 Å². The lowest BCUT2D eigenvalue weighted by Gasteiger charge is -2.27. The molecule has 0 aliphatic rings. The van der Waals surface area contributed by atoms with Gasteiger partial charge in [-0.3, -0.25) is 13.9 Å². The van der Waals surface area contributed by atoms with E-state index in [-0.39, 0.29) is 6.54 Å². The van der Waals surface area contributed by atoms with E-state index < -0.39 is 16.8 Å². The third-order valence-corrected chi connectivity index (χ3v) is 5.62. The first-order valence-corrected chi connectivity index (χ1v) is 10.9. The molecular formula is C23H30N8O2. The molecule has 2 N–H and O–H groups in total. The summed E-state index contributed by atoms with van der Waals surface area (Å²) in [6.45, 7) is 8.70. The smallest absolute Gasteiger partial charge is 0.332 e. The van der Waals surface area contributed by atoms with Crippen LogP contribution in [-0.2, 0) is 20.1 Å². The highest BCUT2D eigenvalue weighted by atomic mass is 16.2. The molecule has 174 valence electrons. The third-order valence-electron chi connectivity index (χ3n) is 5.62. The standard InChI is InChI=1S/C23H30N8O2/c1-7-30-18-19(27-21(30)28(5)13-23(3,4)24)29(6)22(33)31(20(18)32)12-17-15-10-8-9-11-16(15)25-14(2)26-17/h8-11H,7,12-13,24H2,1-6H3. The van der Waals surface area contributed by atoms with Gasteiger partial charge in [-0.2, -0.15) is 4.98 Å². The number of hydrogen-bond donors (Lipinski definition) is 1. The summed E-state index contributed by atoms with van der Waals surface area (Å²) in [5.74, 6) is 1.18. The quantitative estimate of drug-likeness (QED) is 0.472. The van der Waals surface area contributed by atoms with Gasteiger partial charge in [-0.15, -0.1) is 0 Å². The Morgan fingerprint density at radius 1 is 1.09 bits per heavy atom. The number of hydrogen-bond acceptors (Lipinski definition) is 7. The van der Waals surface area contributed by atoms with Crippen LogP contribution < -0.4 is 21.9 Å². The minimum atomic E-state index is -0.455. The highest BCUT2D eigenvalue weighted by molar-refractivity contribution is 5.81. The molecule has 0 fully saturated rings. The summed E-state index contributed by atoms with van der Waals surface area (Å²) in [4.78, 5) is 42.4. The molecule has 0 aliphatic heterocycles. The average molecular weight is 451 g/mol. The average Bonchev–Trinajstić information content (AvgIpc) is 3.14. The third kappa shape index (κ3) is 4.02. The largest absolute Gasteiger partial charge is 0.343 e. The normalized spacial score (nSPS) is 12.1. The number of nitrogens with two attached hydrogens (primary N) is 1. The summed E-state index contributed by atoms with van der Waals surface area (Å²) in [5, 5.41) is 0.812. The van der Waals surface area contributed by atoms with Gasteiger partial charge in [-0.25, -0.2) is 14.8 Å². The Hall–Kier alpha value is -3.53. The highest BCUT2D eigenvalue weighted by Gasteiger charge is 2.24. The first-order chi connectivity index (χ1) is 15.5. The van der Waals surface area contributed by atoms with Crippen LogP contribution in [0.5, 0.6) is 0 Å². The van der Waals surface area contributed by atoms with Crippen molar-refractivity contribution in [3.63, 3.8) is 0 Å². The first kappa shape index (κ1) is 22.7. The first-order valence-electron chi connectivity index (χ1n) is 10.9. The maximum Gasteiger partial charge on any atom is 0.332 e. The van der Waals surface area contributed by atoms with E-state index >= 15 is 0 Å². The fourth-order valence-corrected chi connectivity index (χ4v) is 4.31. The molecule has 3 heterocycles. The van der Waals surface area contributed by atoms with E-state index in [9.17, 15) is 9.59 Å². The Morgan fingerprint density at radius 2 is 1.79 bits per heavy atom. The van der Waals surface area contributed by atoms with E-state index in [2.05, 4.69) is 15.0 Å². The number of aromatic nitrogens is 6. The van der Waals surface area contributed by atoms with Crippen LogP contribution in [-0.4, -0.2) is 47.8 Å². The number of nitrogens with zero attached hydrogens (tertiary/aromatic N) is 7. The van der Waals surface area contributed by atoms with Crippen LogP contribution in [0.1, 0.15) is 32.3 Å². The second-order valence-corrected chi connectivity index (χ2v) is 9.14. The number of rotatable bonds is 6. The molecule has 3 aromatic heterocycles. The van der Waals surface area contributed by atoms with Crippen LogP contribution in [0.3, 0.4) is 0 Å². The number of benzene rings is 1. The summed E-state index contributed by atoms with van der Waals surface area (Å²) in [5.41, 5.74) is 7.04. The van der Waals surface area contributed by atoms with Gasteiger partial charge in [0.25, 0.3) is 5.56 Å². The van der Waals surface area contributed by atoms with Crippen molar-refractivity contribution in [3.05, 3.63) is 56.6 Å². The number of anilines is 1. The second kappa shape index (κ2) is 8.11. The van der Waals surface area contributed by atoms with E-state index in [1.807, 2.05) is 61.6 Å². The molecule has 10 nitrogen and oxygen atoms in total. The van der Waals surface area contributed by atoms with Gasteiger partial charge in [0, 0.05) is 38.1 Å². The molecule has 0 unspecified atom stereocenters. The van der Waals surface area contributed by atoms with Gasteiger partial charge in [0.05, 0.1) is 17.8 Å². The predicted octanol–water partition coefficient (Wildman–Crippen LogP) is 1.39. The van der Waals surface area contributed by atoms with Crippen molar-refractivity contribution in [2.24, 2.45) is 12.8 Å². The van der Waals surface area contributed by atoms with Crippen molar-refractivity contribution in [1.29, 1.82) is 0 Å². The molecule has 0 saturated carbocycles. The Morgan fingerprint density at radius 3 is 2.45 bits per heavy atom. The molecule has 1 aromatic carbocycles. The summed E-state index contributed by atoms with van der Waals surface area (Å²) >= 11 is 0. The van der Waals surface area contributed by atoms with Crippen LogP contribution >= 0.6 is 0 Å². The van der Waals surface area contributed by atoms with Crippen molar-refractivity contribution in [2.45, 2.75) is 46.3 Å². The van der Waals surface area contributed by atoms with Gasteiger partial charge in [-0.1, -0.05) is 18.2 Å². The Balaban J connectivity index is 1.93. The lowest BCUT2D eigenvalue weighted by atomic mass is 10.1. The van der Waals surface area contributed by atoms with Crippen molar-refractivity contribution in [1.82, 2.24) is 28.7 Å². The SMILES string of the molecule is CCn1c(N(C)CC(C)(C)N)nc2c1c(=O)n(Cc1nc(C)nc3ccccc13)c(=O)n2C. The maximum absolute atomic E-state index is 13.6. The van der Waals surface area contributed by atoms with Crippen LogP contribution in [0, 0.1) is 6.92 Å². The molecular weight excluding hydrogens is 420 g/mol. The van der Waals surface area contributed by atoms with Crippen molar-refractivity contribution < 1.29 is 0 Å². The zero-order chi connectivity index (χ0) is 24.1. The minimum absolute atomic E-state index is 0.0429. The van der Waals surface area contributed by atoms with E-state index in [4.69, 9.17) is 5.73 Å². The molecule has 0 saturated heterocycles.